The number of rotatable bonds is 6. The van der Waals surface area contributed by atoms with Crippen molar-refractivity contribution < 1.29 is 14.3 Å². The molecule has 0 aromatic rings. The van der Waals surface area contributed by atoms with Gasteiger partial charge in [-0.1, -0.05) is 46.8 Å². The van der Waals surface area contributed by atoms with Crippen LogP contribution in [0.4, 0.5) is 0 Å². The molecule has 0 aromatic carbocycles. The van der Waals surface area contributed by atoms with E-state index in [9.17, 15) is 9.59 Å². The van der Waals surface area contributed by atoms with Crippen LogP contribution < -0.4 is 0 Å². The molecule has 6 rings (SSSR count). The highest BCUT2D eigenvalue weighted by molar-refractivity contribution is 5.85. The number of likely N-dealkylation sites (tertiary alicyclic amines) is 1. The summed E-state index contributed by atoms with van der Waals surface area (Å²) in [5, 5.41) is 0. The lowest BCUT2D eigenvalue weighted by molar-refractivity contribution is -0.236. The number of hydrogen-bond acceptors (Lipinski definition) is 4. The van der Waals surface area contributed by atoms with E-state index >= 15 is 0 Å². The smallest absolute Gasteiger partial charge is 0.312 e. The fourth-order valence-electron chi connectivity index (χ4n) is 12.9. The molecular formula is C37H59NO3. The molecule has 0 aromatic heterocycles. The molecule has 4 nitrogen and oxygen atoms in total. The lowest BCUT2D eigenvalue weighted by Crippen LogP contribution is -2.66. The Bertz CT molecular complexity index is 1070. The Hall–Kier alpha value is -1.16. The summed E-state index contributed by atoms with van der Waals surface area (Å²) in [6.07, 6.45) is 14.4. The molecule has 0 spiro atoms. The van der Waals surface area contributed by atoms with Gasteiger partial charge in [0.1, 0.15) is 5.78 Å². The number of carbonyl (C=O) groups excluding carboxylic acids is 2. The standard InChI is InChI=1S/C37H59NO3/c1-25(2)26-13-18-37(32(40)41-24-10-23-38-21-8-9-22-38)20-19-35(6)27(31(26)37)11-12-29-34(5)16-15-30(39)33(3,4)28(34)14-17-36(29,35)7/h26-29,31H,1,8-24H2,2-7H3/t26-,27+,28-,29+,31+,34-,35+,36+,37-/m0/s1. The Labute approximate surface area is 250 Å². The van der Waals surface area contributed by atoms with Crippen LogP contribution in [0.1, 0.15) is 125 Å². The topological polar surface area (TPSA) is 46.6 Å². The van der Waals surface area contributed by atoms with Gasteiger partial charge in [0.15, 0.2) is 0 Å². The highest BCUT2D eigenvalue weighted by Crippen LogP contribution is 2.77. The highest BCUT2D eigenvalue weighted by atomic mass is 16.5. The molecule has 0 amide bonds. The number of ether oxygens (including phenoxy) is 1. The minimum absolute atomic E-state index is 0.116. The Morgan fingerprint density at radius 3 is 2.34 bits per heavy atom. The van der Waals surface area contributed by atoms with Crippen LogP contribution in [0.15, 0.2) is 12.2 Å². The molecule has 41 heavy (non-hydrogen) atoms. The van der Waals surface area contributed by atoms with Crippen LogP contribution in [0.3, 0.4) is 0 Å². The molecule has 6 fully saturated rings. The van der Waals surface area contributed by atoms with E-state index in [4.69, 9.17) is 4.74 Å². The fraction of sp³-hybridized carbons (Fsp3) is 0.892. The monoisotopic (exact) mass is 565 g/mol. The molecule has 1 aliphatic heterocycles. The minimum Gasteiger partial charge on any atom is -0.465 e. The van der Waals surface area contributed by atoms with E-state index in [0.717, 1.165) is 51.5 Å². The van der Waals surface area contributed by atoms with Crippen LogP contribution in [-0.2, 0) is 14.3 Å². The first-order chi connectivity index (χ1) is 19.3. The maximum Gasteiger partial charge on any atom is 0.312 e. The normalized spacial score (nSPS) is 47.2. The van der Waals surface area contributed by atoms with Gasteiger partial charge in [0, 0.05) is 18.4 Å². The predicted molar refractivity (Wildman–Crippen MR) is 165 cm³/mol. The van der Waals surface area contributed by atoms with Gasteiger partial charge in [0.25, 0.3) is 0 Å². The summed E-state index contributed by atoms with van der Waals surface area (Å²) >= 11 is 0. The molecule has 1 heterocycles. The Balaban J connectivity index is 1.27. The number of carbonyl (C=O) groups is 2. The molecule has 230 valence electrons. The SMILES string of the molecule is C=C(C)[C@@H]1CC[C@]2(C(=O)OCCCN3CCCC3)CC[C@]3(C)[C@H](CC[C@@H]4[C@@]5(C)CCC(=O)C(C)(C)[C@@H]5CC[C@]43C)[C@@H]12. The maximum atomic E-state index is 14.2. The zero-order valence-electron chi connectivity index (χ0n) is 27.3. The Morgan fingerprint density at radius 2 is 1.63 bits per heavy atom. The van der Waals surface area contributed by atoms with E-state index in [0.29, 0.717) is 42.0 Å². The summed E-state index contributed by atoms with van der Waals surface area (Å²) in [6.45, 7) is 23.1. The van der Waals surface area contributed by atoms with E-state index in [1.807, 2.05) is 0 Å². The van der Waals surface area contributed by atoms with Gasteiger partial charge in [-0.3, -0.25) is 9.59 Å². The highest BCUT2D eigenvalue weighted by Gasteiger charge is 2.72. The summed E-state index contributed by atoms with van der Waals surface area (Å²) in [7, 11) is 0. The fourth-order valence-corrected chi connectivity index (χ4v) is 12.9. The lowest BCUT2D eigenvalue weighted by Gasteiger charge is -2.72. The van der Waals surface area contributed by atoms with E-state index in [1.54, 1.807) is 0 Å². The first-order valence-electron chi connectivity index (χ1n) is 17.4. The van der Waals surface area contributed by atoms with Crippen LogP contribution in [0, 0.1) is 56.7 Å². The summed E-state index contributed by atoms with van der Waals surface area (Å²) < 4.78 is 6.21. The number of fused-ring (bicyclic) bond motifs is 7. The Kier molecular flexibility index (Phi) is 7.44. The molecule has 5 aliphatic carbocycles. The summed E-state index contributed by atoms with van der Waals surface area (Å²) in [5.74, 6) is 3.06. The van der Waals surface area contributed by atoms with Gasteiger partial charge in [0.2, 0.25) is 0 Å². The summed E-state index contributed by atoms with van der Waals surface area (Å²) in [6, 6.07) is 0. The van der Waals surface area contributed by atoms with Crippen LogP contribution >= 0.6 is 0 Å². The van der Waals surface area contributed by atoms with E-state index in [1.165, 1.54) is 57.2 Å². The first kappa shape index (κ1) is 29.9. The number of ketones is 1. The van der Waals surface area contributed by atoms with Crippen molar-refractivity contribution in [1.82, 2.24) is 4.90 Å². The average molecular weight is 566 g/mol. The van der Waals surface area contributed by atoms with Crippen LogP contribution in [0.25, 0.3) is 0 Å². The van der Waals surface area contributed by atoms with Gasteiger partial charge >= 0.3 is 5.97 Å². The second-order valence-electron chi connectivity index (χ2n) is 17.0. The van der Waals surface area contributed by atoms with Gasteiger partial charge < -0.3 is 9.64 Å². The first-order valence-corrected chi connectivity index (χ1v) is 17.4. The van der Waals surface area contributed by atoms with Crippen molar-refractivity contribution in [2.24, 2.45) is 56.7 Å². The Morgan fingerprint density at radius 1 is 0.902 bits per heavy atom. The van der Waals surface area contributed by atoms with Gasteiger partial charge in [-0.2, -0.15) is 0 Å². The largest absolute Gasteiger partial charge is 0.465 e. The zero-order valence-corrected chi connectivity index (χ0v) is 27.3. The molecule has 1 saturated heterocycles. The minimum atomic E-state index is -0.328. The van der Waals surface area contributed by atoms with Crippen molar-refractivity contribution in [2.45, 2.75) is 125 Å². The molecule has 0 unspecified atom stereocenters. The van der Waals surface area contributed by atoms with Gasteiger partial charge in [-0.25, -0.2) is 0 Å². The van der Waals surface area contributed by atoms with Gasteiger partial charge in [0.05, 0.1) is 12.0 Å². The second-order valence-corrected chi connectivity index (χ2v) is 17.0. The lowest BCUT2D eigenvalue weighted by atomic mass is 9.32. The molecular weight excluding hydrogens is 506 g/mol. The van der Waals surface area contributed by atoms with Crippen molar-refractivity contribution in [3.63, 3.8) is 0 Å². The predicted octanol–water partition coefficient (Wildman–Crippen LogP) is 8.24. The van der Waals surface area contributed by atoms with Crippen LogP contribution in [-0.4, -0.2) is 42.9 Å². The van der Waals surface area contributed by atoms with Crippen molar-refractivity contribution in [2.75, 3.05) is 26.2 Å². The molecule has 0 bridgehead atoms. The second kappa shape index (κ2) is 10.2. The number of esters is 1. The summed E-state index contributed by atoms with van der Waals surface area (Å²) in [5.41, 5.74) is 1.42. The van der Waals surface area contributed by atoms with Crippen molar-refractivity contribution in [3.05, 3.63) is 12.2 Å². The molecule has 9 atom stereocenters. The number of Topliss-reactive ketones (excluding diaryl/α,β-unsaturated/α-hetero) is 1. The molecule has 0 N–H and O–H groups in total. The van der Waals surface area contributed by atoms with Crippen LogP contribution in [0.5, 0.6) is 0 Å². The average Bonchev–Trinajstić information content (AvgIpc) is 3.58. The van der Waals surface area contributed by atoms with Gasteiger partial charge in [-0.05, 0) is 143 Å². The number of hydrogen-bond donors (Lipinski definition) is 0. The van der Waals surface area contributed by atoms with Crippen molar-refractivity contribution >= 4 is 11.8 Å². The van der Waals surface area contributed by atoms with E-state index in [2.05, 4.69) is 53.0 Å². The molecule has 0 radical (unpaired) electrons. The quantitative estimate of drug-likeness (QED) is 0.185. The maximum absolute atomic E-state index is 14.2. The summed E-state index contributed by atoms with van der Waals surface area (Å²) in [4.78, 5) is 29.7. The number of allylic oxidation sites excluding steroid dienone is 1. The third-order valence-electron chi connectivity index (χ3n) is 15.3. The molecule has 5 saturated carbocycles. The third kappa shape index (κ3) is 4.21. The molecule has 4 heteroatoms. The van der Waals surface area contributed by atoms with Crippen molar-refractivity contribution in [3.8, 4) is 0 Å². The molecule has 6 aliphatic rings. The third-order valence-corrected chi connectivity index (χ3v) is 15.3. The van der Waals surface area contributed by atoms with Gasteiger partial charge in [-0.15, -0.1) is 0 Å². The van der Waals surface area contributed by atoms with Crippen molar-refractivity contribution in [1.29, 1.82) is 0 Å². The zero-order chi connectivity index (χ0) is 29.4. The van der Waals surface area contributed by atoms with E-state index < -0.39 is 0 Å². The van der Waals surface area contributed by atoms with E-state index in [-0.39, 0.29) is 33.0 Å². The number of nitrogens with zero attached hydrogens (tertiary/aromatic N) is 1. The van der Waals surface area contributed by atoms with Crippen LogP contribution in [0.2, 0.25) is 0 Å².